The minimum absolute atomic E-state index is 0.153. The molecule has 174 valence electrons. The maximum atomic E-state index is 12.9. The molecule has 9 nitrogen and oxygen atoms in total. The molecule has 2 N–H and O–H groups in total. The predicted molar refractivity (Wildman–Crippen MR) is 129 cm³/mol. The van der Waals surface area contributed by atoms with Crippen molar-refractivity contribution in [2.45, 2.75) is 25.7 Å². The molecule has 0 fully saturated rings. The van der Waals surface area contributed by atoms with Gasteiger partial charge in [-0.15, -0.1) is 4.41 Å². The third-order valence-electron chi connectivity index (χ3n) is 5.00. The molecule has 0 spiro atoms. The first-order valence-corrected chi connectivity index (χ1v) is 11.8. The second-order valence-electron chi connectivity index (χ2n) is 7.66. The van der Waals surface area contributed by atoms with Gasteiger partial charge in [0, 0.05) is 31.9 Å². The van der Waals surface area contributed by atoms with Gasteiger partial charge in [0.05, 0.1) is 23.0 Å². The van der Waals surface area contributed by atoms with Crippen LogP contribution in [0.25, 0.3) is 0 Å². The summed E-state index contributed by atoms with van der Waals surface area (Å²) in [7, 11) is -0.331. The van der Waals surface area contributed by atoms with E-state index in [1.54, 1.807) is 39.2 Å². The summed E-state index contributed by atoms with van der Waals surface area (Å²) >= 11 is 0. The van der Waals surface area contributed by atoms with E-state index in [0.29, 0.717) is 23.5 Å². The zero-order valence-electron chi connectivity index (χ0n) is 19.3. The standard InChI is InChI=1S/C23H28N6O3S/c1-6-29(28(4)5)33(31,32)20-12-8-11-18(13-20)27-23-24-14-19(15-25-23)26-22(30)21-16(2)9-7-10-17(21)3/h7-15H,6H2,1-5H3,(H,26,30)(H,24,25,27). The van der Waals surface area contributed by atoms with Crippen LogP contribution >= 0.6 is 0 Å². The van der Waals surface area contributed by atoms with Crippen LogP contribution in [0, 0.1) is 13.8 Å². The van der Waals surface area contributed by atoms with Gasteiger partial charge in [-0.2, -0.15) is 0 Å². The van der Waals surface area contributed by atoms with Crippen LogP contribution in [0.3, 0.4) is 0 Å². The number of hydrogen-bond donors (Lipinski definition) is 2. The number of rotatable bonds is 8. The molecular formula is C23H28N6O3S. The van der Waals surface area contributed by atoms with Crippen LogP contribution in [0.2, 0.25) is 0 Å². The number of hydrogen-bond acceptors (Lipinski definition) is 7. The number of sulfonamides is 1. The fourth-order valence-electron chi connectivity index (χ4n) is 3.48. The molecule has 0 saturated heterocycles. The zero-order valence-corrected chi connectivity index (χ0v) is 20.1. The summed E-state index contributed by atoms with van der Waals surface area (Å²) in [5.74, 6) is 0.0452. The highest BCUT2D eigenvalue weighted by Crippen LogP contribution is 2.22. The van der Waals surface area contributed by atoms with Gasteiger partial charge in [-0.1, -0.05) is 24.3 Å². The van der Waals surface area contributed by atoms with Crippen LogP contribution in [0.5, 0.6) is 0 Å². The predicted octanol–water partition coefficient (Wildman–Crippen LogP) is 3.58. The highest BCUT2D eigenvalue weighted by molar-refractivity contribution is 7.89. The molecule has 0 aliphatic carbocycles. The minimum Gasteiger partial charge on any atom is -0.324 e. The number of aryl methyl sites for hydroxylation is 2. The third-order valence-corrected chi connectivity index (χ3v) is 6.99. The first-order chi connectivity index (χ1) is 15.6. The van der Waals surface area contributed by atoms with E-state index < -0.39 is 10.0 Å². The van der Waals surface area contributed by atoms with Gasteiger partial charge in [-0.05, 0) is 50.1 Å². The number of aromatic nitrogens is 2. The lowest BCUT2D eigenvalue weighted by atomic mass is 10.0. The molecule has 10 heteroatoms. The van der Waals surface area contributed by atoms with Gasteiger partial charge in [0.2, 0.25) is 5.95 Å². The highest BCUT2D eigenvalue weighted by atomic mass is 32.2. The molecule has 1 amide bonds. The lowest BCUT2D eigenvalue weighted by molar-refractivity contribution is 0.102. The van der Waals surface area contributed by atoms with Gasteiger partial charge in [0.15, 0.2) is 0 Å². The van der Waals surface area contributed by atoms with E-state index in [4.69, 9.17) is 0 Å². The van der Waals surface area contributed by atoms with Crippen molar-refractivity contribution in [3.8, 4) is 0 Å². The molecule has 0 aliphatic rings. The smallest absolute Gasteiger partial charge is 0.256 e. The average Bonchev–Trinajstić information content (AvgIpc) is 2.75. The molecule has 0 unspecified atom stereocenters. The molecular weight excluding hydrogens is 440 g/mol. The number of nitrogens with zero attached hydrogens (tertiary/aromatic N) is 4. The fraction of sp³-hybridized carbons (Fsp3) is 0.261. The number of carbonyl (C=O) groups is 1. The van der Waals surface area contributed by atoms with Crippen molar-refractivity contribution in [1.29, 1.82) is 0 Å². The first kappa shape index (κ1) is 24.3. The Morgan fingerprint density at radius 2 is 1.58 bits per heavy atom. The lowest BCUT2D eigenvalue weighted by Crippen LogP contribution is -2.41. The normalized spacial score (nSPS) is 11.6. The Bertz CT molecular complexity index is 1220. The molecule has 33 heavy (non-hydrogen) atoms. The topological polar surface area (TPSA) is 108 Å². The summed E-state index contributed by atoms with van der Waals surface area (Å²) in [4.78, 5) is 21.3. The second-order valence-corrected chi connectivity index (χ2v) is 9.50. The van der Waals surface area contributed by atoms with Crippen LogP contribution in [-0.2, 0) is 10.0 Å². The monoisotopic (exact) mass is 468 g/mol. The van der Waals surface area contributed by atoms with Crippen LogP contribution in [0.4, 0.5) is 17.3 Å². The number of hydrazine groups is 1. The Hall–Kier alpha value is -3.34. The lowest BCUT2D eigenvalue weighted by Gasteiger charge is -2.26. The average molecular weight is 469 g/mol. The van der Waals surface area contributed by atoms with E-state index in [9.17, 15) is 13.2 Å². The second kappa shape index (κ2) is 10.1. The largest absolute Gasteiger partial charge is 0.324 e. The molecule has 0 radical (unpaired) electrons. The van der Waals surface area contributed by atoms with Crippen molar-refractivity contribution in [2.75, 3.05) is 31.3 Å². The van der Waals surface area contributed by atoms with Crippen molar-refractivity contribution in [3.05, 3.63) is 71.5 Å². The molecule has 0 atom stereocenters. The number of nitrogens with one attached hydrogen (secondary N) is 2. The Kier molecular flexibility index (Phi) is 7.42. The van der Waals surface area contributed by atoms with E-state index in [2.05, 4.69) is 20.6 Å². The van der Waals surface area contributed by atoms with E-state index >= 15 is 0 Å². The van der Waals surface area contributed by atoms with Crippen molar-refractivity contribution in [2.24, 2.45) is 0 Å². The van der Waals surface area contributed by atoms with Gasteiger partial charge in [0.1, 0.15) is 0 Å². The van der Waals surface area contributed by atoms with E-state index in [0.717, 1.165) is 11.1 Å². The summed E-state index contributed by atoms with van der Waals surface area (Å²) < 4.78 is 27.1. The maximum Gasteiger partial charge on any atom is 0.256 e. The Morgan fingerprint density at radius 3 is 2.15 bits per heavy atom. The van der Waals surface area contributed by atoms with Crippen molar-refractivity contribution >= 4 is 33.3 Å². The van der Waals surface area contributed by atoms with Gasteiger partial charge in [-0.25, -0.2) is 23.4 Å². The van der Waals surface area contributed by atoms with Gasteiger partial charge >= 0.3 is 0 Å². The highest BCUT2D eigenvalue weighted by Gasteiger charge is 2.25. The maximum absolute atomic E-state index is 12.9. The third kappa shape index (κ3) is 5.54. The van der Waals surface area contributed by atoms with E-state index in [1.165, 1.54) is 27.9 Å². The Balaban J connectivity index is 1.74. The van der Waals surface area contributed by atoms with Gasteiger partial charge < -0.3 is 10.6 Å². The number of anilines is 3. The Labute approximate surface area is 194 Å². The number of benzene rings is 2. The summed E-state index contributed by atoms with van der Waals surface area (Å²) in [5.41, 5.74) is 3.37. The molecule has 1 aromatic heterocycles. The van der Waals surface area contributed by atoms with Crippen LogP contribution in [0.15, 0.2) is 59.8 Å². The molecule has 3 rings (SSSR count). The molecule has 1 heterocycles. The van der Waals surface area contributed by atoms with Crippen LogP contribution in [0.1, 0.15) is 28.4 Å². The van der Waals surface area contributed by atoms with Crippen molar-refractivity contribution in [3.63, 3.8) is 0 Å². The SMILES string of the molecule is CCN(N(C)C)S(=O)(=O)c1cccc(Nc2ncc(NC(=O)c3c(C)cccc3C)cn2)c1. The molecule has 2 aromatic carbocycles. The molecule has 0 bridgehead atoms. The van der Waals surface area contributed by atoms with Crippen molar-refractivity contribution in [1.82, 2.24) is 19.4 Å². The van der Waals surface area contributed by atoms with E-state index in [-0.39, 0.29) is 16.8 Å². The quantitative estimate of drug-likeness (QED) is 0.487. The summed E-state index contributed by atoms with van der Waals surface area (Å²) in [5, 5.41) is 7.34. The minimum atomic E-state index is -3.69. The Morgan fingerprint density at radius 1 is 0.970 bits per heavy atom. The number of amides is 1. The first-order valence-electron chi connectivity index (χ1n) is 10.4. The fourth-order valence-corrected chi connectivity index (χ4v) is 5.02. The van der Waals surface area contributed by atoms with Gasteiger partial charge in [-0.3, -0.25) is 4.79 Å². The van der Waals surface area contributed by atoms with Crippen LogP contribution in [-0.4, -0.2) is 54.4 Å². The summed E-state index contributed by atoms with van der Waals surface area (Å²) in [6.07, 6.45) is 2.98. The number of carbonyl (C=O) groups excluding carboxylic acids is 1. The van der Waals surface area contributed by atoms with E-state index in [1.807, 2.05) is 32.0 Å². The summed E-state index contributed by atoms with van der Waals surface area (Å²) in [6.45, 7) is 5.86. The van der Waals surface area contributed by atoms with Crippen LogP contribution < -0.4 is 10.6 Å². The van der Waals surface area contributed by atoms with Gasteiger partial charge in [0.25, 0.3) is 15.9 Å². The molecule has 0 aliphatic heterocycles. The summed E-state index contributed by atoms with van der Waals surface area (Å²) in [6, 6.07) is 12.1. The van der Waals surface area contributed by atoms with Crippen molar-refractivity contribution < 1.29 is 13.2 Å². The molecule has 3 aromatic rings. The zero-order chi connectivity index (χ0) is 24.2. The molecule has 0 saturated carbocycles.